The number of hydrogen-bond donors (Lipinski definition) is 1. The quantitative estimate of drug-likeness (QED) is 0.108. The highest BCUT2D eigenvalue weighted by Gasteiger charge is 2.32. The lowest BCUT2D eigenvalue weighted by molar-refractivity contribution is 0.950. The van der Waals surface area contributed by atoms with Crippen LogP contribution in [0.2, 0.25) is 0 Å². The number of benzene rings is 10. The van der Waals surface area contributed by atoms with Crippen molar-refractivity contribution in [2.75, 3.05) is 9.80 Å². The lowest BCUT2D eigenvalue weighted by Gasteiger charge is -2.31. The third kappa shape index (κ3) is 11.2. The molecule has 2 nitrogen and oxygen atoms in total. The predicted octanol–water partition coefficient (Wildman–Crippen LogP) is 24.4. The van der Waals surface area contributed by atoms with Crippen LogP contribution in [0.1, 0.15) is 45.6 Å². The predicted molar refractivity (Wildman–Crippen MR) is 370 cm³/mol. The number of nitrogens with zero attached hydrogens (tertiary/aromatic N) is 2. The van der Waals surface area contributed by atoms with Crippen LogP contribution in [0.15, 0.2) is 283 Å². The topological polar surface area (TPSA) is 6.48 Å². The minimum atomic E-state index is 0.397. The zero-order valence-electron chi connectivity index (χ0n) is 46.2. The summed E-state index contributed by atoms with van der Waals surface area (Å²) in [6.45, 7) is 9.71. The molecule has 3 aromatic heterocycles. The molecule has 7 heteroatoms. The van der Waals surface area contributed by atoms with E-state index < -0.39 is 0 Å². The number of thiophene rings is 3. The summed E-state index contributed by atoms with van der Waals surface area (Å²) in [5.74, 6) is 0. The molecule has 4 heterocycles. The first-order valence-corrected chi connectivity index (χ1v) is 32.0. The molecule has 0 saturated carbocycles. The summed E-state index contributed by atoms with van der Waals surface area (Å²) < 4.78 is 7.87. The molecule has 2 aliphatic rings. The number of hydrogen-bond acceptors (Lipinski definition) is 7. The minimum absolute atomic E-state index is 0.397. The Hall–Kier alpha value is -7.88. The molecule has 13 aromatic rings. The van der Waals surface area contributed by atoms with Gasteiger partial charge in [0.2, 0.25) is 0 Å². The van der Waals surface area contributed by atoms with E-state index in [1.165, 1.54) is 105 Å². The van der Waals surface area contributed by atoms with Gasteiger partial charge in [0.25, 0.3) is 0 Å². The van der Waals surface area contributed by atoms with Gasteiger partial charge in [-0.05, 0) is 138 Å². The fourth-order valence-corrected chi connectivity index (χ4v) is 16.0. The van der Waals surface area contributed by atoms with Crippen LogP contribution in [0.3, 0.4) is 0 Å². The summed E-state index contributed by atoms with van der Waals surface area (Å²) in [6.07, 6.45) is 14.0. The van der Waals surface area contributed by atoms with E-state index in [1.807, 2.05) is 96.0 Å². The van der Waals surface area contributed by atoms with Crippen molar-refractivity contribution in [2.45, 2.75) is 55.1 Å². The van der Waals surface area contributed by atoms with E-state index in [1.54, 1.807) is 0 Å². The highest BCUT2D eigenvalue weighted by atomic mass is 32.2. The second kappa shape index (κ2) is 25.1. The largest absolute Gasteiger partial charge is 0.314 e. The molecule has 0 spiro atoms. The fourth-order valence-electron chi connectivity index (χ4n) is 11.0. The third-order valence-corrected chi connectivity index (χ3v) is 19.9. The van der Waals surface area contributed by atoms with Crippen molar-refractivity contribution in [3.63, 3.8) is 0 Å². The van der Waals surface area contributed by atoms with Crippen LogP contribution < -0.4 is 9.80 Å². The van der Waals surface area contributed by atoms with Crippen LogP contribution in [-0.4, -0.2) is 5.25 Å². The number of anilines is 5. The lowest BCUT2D eigenvalue weighted by atomic mass is 9.94. The van der Waals surface area contributed by atoms with Crippen LogP contribution in [0.5, 0.6) is 0 Å². The molecule has 0 fully saturated rings. The number of allylic oxidation sites excluding steroid dienone is 6. The Bertz CT molecular complexity index is 4370. The van der Waals surface area contributed by atoms with Crippen molar-refractivity contribution in [2.24, 2.45) is 0 Å². The second-order valence-electron chi connectivity index (χ2n) is 19.9. The van der Waals surface area contributed by atoms with E-state index in [0.717, 1.165) is 41.2 Å². The van der Waals surface area contributed by atoms with Gasteiger partial charge in [-0.15, -0.1) is 65.0 Å². The Balaban J connectivity index is 0.000000367. The van der Waals surface area contributed by atoms with Gasteiger partial charge in [-0.1, -0.05) is 179 Å². The van der Waals surface area contributed by atoms with E-state index in [0.29, 0.717) is 5.25 Å². The maximum Gasteiger partial charge on any atom is 0.0476 e. The highest BCUT2D eigenvalue weighted by molar-refractivity contribution is 8.00. The van der Waals surface area contributed by atoms with E-state index in [-0.39, 0.29) is 0 Å². The average molecular weight is 1150 g/mol. The minimum Gasteiger partial charge on any atom is -0.314 e. The molecule has 1 unspecified atom stereocenters. The van der Waals surface area contributed by atoms with Gasteiger partial charge in [0, 0.05) is 116 Å². The van der Waals surface area contributed by atoms with Crippen LogP contribution >= 0.6 is 58.4 Å². The summed E-state index contributed by atoms with van der Waals surface area (Å²) in [4.78, 5) is 7.31. The second-order valence-corrected chi connectivity index (χ2v) is 24.9. The van der Waals surface area contributed by atoms with Crippen molar-refractivity contribution < 1.29 is 0 Å². The van der Waals surface area contributed by atoms with Crippen molar-refractivity contribution in [3.05, 3.63) is 279 Å². The van der Waals surface area contributed by atoms with Crippen LogP contribution in [0.4, 0.5) is 28.4 Å². The number of thioether (sulfide) groups is 1. The zero-order chi connectivity index (χ0) is 55.9. The summed E-state index contributed by atoms with van der Waals surface area (Å²) in [7, 11) is 0. The molecule has 0 N–H and O–H groups in total. The maximum absolute atomic E-state index is 4.08. The van der Waals surface area contributed by atoms with Crippen LogP contribution in [0.25, 0.3) is 77.2 Å². The SMILES string of the molecule is C1=C2c3ccccc3SC2CC(N(c2ccc(-c3ccc(N(c4ccc5c(c4)sc4ccccc45)c4ccc5c(c4)sc4ccccc45)cc3)cc2)c2ccc3c(c2)sc2ccccc23)=C1.C=CC/C=C/CC.CC.Sc1ccccc1. The molecular weight excluding hydrogens is 1090 g/mol. The molecule has 1 aliphatic heterocycles. The van der Waals surface area contributed by atoms with Gasteiger partial charge in [-0.3, -0.25) is 0 Å². The van der Waals surface area contributed by atoms with Gasteiger partial charge in [-0.2, -0.15) is 0 Å². The molecular formula is C75H62N2S5. The molecule has 402 valence electrons. The zero-order valence-corrected chi connectivity index (χ0v) is 50.4. The Labute approximate surface area is 503 Å². The molecule has 0 radical (unpaired) electrons. The molecule has 0 bridgehead atoms. The van der Waals surface area contributed by atoms with E-state index in [9.17, 15) is 0 Å². The van der Waals surface area contributed by atoms with Crippen molar-refractivity contribution >= 4 is 153 Å². The van der Waals surface area contributed by atoms with Crippen molar-refractivity contribution in [3.8, 4) is 11.1 Å². The molecule has 15 rings (SSSR count). The molecule has 1 atom stereocenters. The molecule has 10 aromatic carbocycles. The summed E-state index contributed by atoms with van der Waals surface area (Å²) in [6, 6.07) is 84.2. The monoisotopic (exact) mass is 1150 g/mol. The smallest absolute Gasteiger partial charge is 0.0476 e. The molecule has 82 heavy (non-hydrogen) atoms. The third-order valence-electron chi connectivity index (χ3n) is 14.9. The van der Waals surface area contributed by atoms with Crippen molar-refractivity contribution in [1.29, 1.82) is 0 Å². The highest BCUT2D eigenvalue weighted by Crippen LogP contribution is 2.51. The van der Waals surface area contributed by atoms with Gasteiger partial charge in [0.15, 0.2) is 0 Å². The van der Waals surface area contributed by atoms with Gasteiger partial charge >= 0.3 is 0 Å². The molecule has 0 saturated heterocycles. The Morgan fingerprint density at radius 1 is 0.451 bits per heavy atom. The standard InChI is InChI=1S/C60H38N2S4.C7H12.C6H6S.C2H6/c1-5-13-53-45(9-1)49-29-25-41(33-57(49)63-53)61(42-26-30-50-46-10-2-6-14-54(46)64-58(50)34-42)39-21-17-37(18-22-39)38-19-23-40(24-20-38)62(43-27-31-51-47-11-3-7-15-55(47)65-59(51)35-43)44-28-32-52-48-12-4-8-16-56(48)66-60(52)36-44;1-3-5-7-6-4-2;7-6-4-2-1-3-5-6;1-2/h1-35,60H,36H2;3,6-7H,1,4-5H2,2H3;1-5,7H;1-2H3/b;7-6+;;. The fraction of sp³-hybridized carbons (Fsp3) is 0.0933. The van der Waals surface area contributed by atoms with Crippen LogP contribution in [-0.2, 0) is 0 Å². The first-order valence-electron chi connectivity index (χ1n) is 28.2. The lowest BCUT2D eigenvalue weighted by Crippen LogP contribution is -2.21. The van der Waals surface area contributed by atoms with Crippen molar-refractivity contribution in [1.82, 2.24) is 0 Å². The Kier molecular flexibility index (Phi) is 16.7. The normalized spacial score (nSPS) is 13.4. The van der Waals surface area contributed by atoms with Gasteiger partial charge in [-0.25, -0.2) is 0 Å². The van der Waals surface area contributed by atoms with Gasteiger partial charge in [0.1, 0.15) is 0 Å². The van der Waals surface area contributed by atoms with Crippen LogP contribution in [0, 0.1) is 0 Å². The van der Waals surface area contributed by atoms with Gasteiger partial charge in [0.05, 0.1) is 0 Å². The number of rotatable bonds is 10. The number of thiol groups is 1. The Morgan fingerprint density at radius 2 is 0.878 bits per heavy atom. The first-order chi connectivity index (χ1) is 40.5. The first kappa shape index (κ1) is 54.7. The Morgan fingerprint density at radius 3 is 1.35 bits per heavy atom. The average Bonchev–Trinajstić information content (AvgIpc) is 4.49. The summed E-state index contributed by atoms with van der Waals surface area (Å²) >= 11 is 11.7. The van der Waals surface area contributed by atoms with E-state index >= 15 is 0 Å². The summed E-state index contributed by atoms with van der Waals surface area (Å²) in [5, 5.41) is 8.29. The van der Waals surface area contributed by atoms with Gasteiger partial charge < -0.3 is 9.80 Å². The maximum atomic E-state index is 4.08. The van der Waals surface area contributed by atoms with E-state index in [4.69, 9.17) is 0 Å². The van der Waals surface area contributed by atoms with E-state index in [2.05, 4.69) is 260 Å². The molecule has 0 amide bonds. The number of fused-ring (bicyclic) bond motifs is 12. The molecule has 1 aliphatic carbocycles. The summed E-state index contributed by atoms with van der Waals surface area (Å²) in [5.41, 5.74) is 12.3.